The molecule has 1 aliphatic carbocycles. The minimum absolute atomic E-state index is 0.554. The van der Waals surface area contributed by atoms with Gasteiger partial charge < -0.3 is 9.88 Å². The molecule has 1 N–H and O–H groups in total. The first-order chi connectivity index (χ1) is 9.18. The third-order valence-corrected chi connectivity index (χ3v) is 4.81. The van der Waals surface area contributed by atoms with Crippen molar-refractivity contribution in [2.24, 2.45) is 0 Å². The highest BCUT2D eigenvalue weighted by Gasteiger charge is 2.29. The molecule has 3 nitrogen and oxygen atoms in total. The van der Waals surface area contributed by atoms with Crippen LogP contribution in [0.1, 0.15) is 55.2 Å². The number of aryl methyl sites for hydroxylation is 1. The minimum atomic E-state index is 0.554. The lowest BCUT2D eigenvalue weighted by molar-refractivity contribution is 0.224. The van der Waals surface area contributed by atoms with E-state index in [9.17, 15) is 0 Å². The van der Waals surface area contributed by atoms with Crippen LogP contribution in [0.15, 0.2) is 6.07 Å². The number of aromatic nitrogens is 1. The molecule has 1 aliphatic heterocycles. The van der Waals surface area contributed by atoms with Crippen LogP contribution in [0, 0.1) is 13.8 Å². The highest BCUT2D eigenvalue weighted by molar-refractivity contribution is 5.31. The minimum Gasteiger partial charge on any atom is -0.346 e. The third-order valence-electron chi connectivity index (χ3n) is 4.81. The molecule has 2 aliphatic rings. The van der Waals surface area contributed by atoms with Crippen molar-refractivity contribution in [3.63, 3.8) is 0 Å². The number of hydrogen-bond acceptors (Lipinski definition) is 2. The lowest BCUT2D eigenvalue weighted by atomic mass is 10.1. The molecule has 0 spiro atoms. The van der Waals surface area contributed by atoms with Gasteiger partial charge in [0.15, 0.2) is 0 Å². The molecule has 1 aromatic heterocycles. The Bertz CT molecular complexity index is 437. The summed E-state index contributed by atoms with van der Waals surface area (Å²) < 4.78 is 2.57. The van der Waals surface area contributed by atoms with Crippen molar-refractivity contribution in [3.05, 3.63) is 23.0 Å². The van der Waals surface area contributed by atoms with E-state index in [0.717, 1.165) is 12.6 Å². The second kappa shape index (κ2) is 5.29. The number of nitrogens with one attached hydrogen (secondary N) is 1. The van der Waals surface area contributed by atoms with Crippen LogP contribution in [0.3, 0.4) is 0 Å². The maximum absolute atomic E-state index is 3.50. The van der Waals surface area contributed by atoms with Gasteiger partial charge in [0.1, 0.15) is 0 Å². The van der Waals surface area contributed by atoms with E-state index in [4.69, 9.17) is 0 Å². The Labute approximate surface area is 117 Å². The Hall–Kier alpha value is -0.800. The average Bonchev–Trinajstić information content (AvgIpc) is 3.19. The fourth-order valence-electron chi connectivity index (χ4n) is 3.57. The summed E-state index contributed by atoms with van der Waals surface area (Å²) in [5.41, 5.74) is 4.51. The second-order valence-electron chi connectivity index (χ2n) is 6.24. The zero-order valence-corrected chi connectivity index (χ0v) is 12.6. The fourth-order valence-corrected chi connectivity index (χ4v) is 3.57. The Morgan fingerprint density at radius 2 is 2.00 bits per heavy atom. The van der Waals surface area contributed by atoms with E-state index in [1.54, 1.807) is 5.56 Å². The van der Waals surface area contributed by atoms with E-state index in [1.807, 2.05) is 0 Å². The van der Waals surface area contributed by atoms with Crippen LogP contribution in [-0.4, -0.2) is 35.6 Å². The Balaban J connectivity index is 1.82. The lowest BCUT2D eigenvalue weighted by Crippen LogP contribution is -2.31. The zero-order chi connectivity index (χ0) is 13.4. The average molecular weight is 261 g/mol. The van der Waals surface area contributed by atoms with Gasteiger partial charge in [-0.2, -0.15) is 0 Å². The number of nitrogens with zero attached hydrogens (tertiary/aromatic N) is 2. The molecule has 3 rings (SSSR count). The summed E-state index contributed by atoms with van der Waals surface area (Å²) >= 11 is 0. The summed E-state index contributed by atoms with van der Waals surface area (Å²) in [5.74, 6) is 0. The summed E-state index contributed by atoms with van der Waals surface area (Å²) in [4.78, 5) is 2.64. The molecule has 0 amide bonds. The van der Waals surface area contributed by atoms with Gasteiger partial charge in [0.2, 0.25) is 0 Å². The summed E-state index contributed by atoms with van der Waals surface area (Å²) in [6, 6.07) is 3.78. The fraction of sp³-hybridized carbons (Fsp3) is 0.750. The highest BCUT2D eigenvalue weighted by Crippen LogP contribution is 2.40. The van der Waals surface area contributed by atoms with Crippen LogP contribution in [0.2, 0.25) is 0 Å². The van der Waals surface area contributed by atoms with Crippen LogP contribution in [0.4, 0.5) is 0 Å². The summed E-state index contributed by atoms with van der Waals surface area (Å²) in [7, 11) is 0. The topological polar surface area (TPSA) is 20.2 Å². The van der Waals surface area contributed by atoms with Crippen LogP contribution in [0.25, 0.3) is 0 Å². The molecule has 106 valence electrons. The van der Waals surface area contributed by atoms with Crippen molar-refractivity contribution in [1.82, 2.24) is 14.8 Å². The summed E-state index contributed by atoms with van der Waals surface area (Å²) in [6.45, 7) is 11.7. The van der Waals surface area contributed by atoms with Crippen molar-refractivity contribution >= 4 is 0 Å². The van der Waals surface area contributed by atoms with Gasteiger partial charge in [-0.3, -0.25) is 4.90 Å². The maximum Gasteiger partial charge on any atom is 0.0338 e. The first kappa shape index (κ1) is 13.2. The lowest BCUT2D eigenvalue weighted by Gasteiger charge is -2.27. The van der Waals surface area contributed by atoms with E-state index in [2.05, 4.69) is 41.6 Å². The molecule has 2 fully saturated rings. The smallest absolute Gasteiger partial charge is 0.0338 e. The second-order valence-corrected chi connectivity index (χ2v) is 6.24. The number of rotatable bonds is 3. The van der Waals surface area contributed by atoms with Gasteiger partial charge >= 0.3 is 0 Å². The van der Waals surface area contributed by atoms with Crippen molar-refractivity contribution in [2.75, 3.05) is 26.2 Å². The molecule has 1 atom stereocenters. The molecule has 0 bridgehead atoms. The number of hydrogen-bond donors (Lipinski definition) is 1. The van der Waals surface area contributed by atoms with Crippen LogP contribution < -0.4 is 5.32 Å². The van der Waals surface area contributed by atoms with Gasteiger partial charge in [-0.25, -0.2) is 0 Å². The largest absolute Gasteiger partial charge is 0.346 e. The predicted octanol–water partition coefficient (Wildman–Crippen LogP) is 2.80. The first-order valence-electron chi connectivity index (χ1n) is 7.81. The van der Waals surface area contributed by atoms with E-state index < -0.39 is 0 Å². The SMILES string of the molecule is Cc1cc(C(C)N2CCCNCC2)c(C)n1C1CC1. The Morgan fingerprint density at radius 3 is 2.74 bits per heavy atom. The zero-order valence-electron chi connectivity index (χ0n) is 12.6. The van der Waals surface area contributed by atoms with E-state index in [-0.39, 0.29) is 0 Å². The molecule has 2 heterocycles. The standard InChI is InChI=1S/C16H27N3/c1-12-11-16(14(3)19(12)15-5-6-15)13(2)18-9-4-7-17-8-10-18/h11,13,15,17H,4-10H2,1-3H3. The molecule has 0 aromatic carbocycles. The molecular formula is C16H27N3. The molecule has 1 unspecified atom stereocenters. The molecule has 3 heteroatoms. The van der Waals surface area contributed by atoms with E-state index in [0.29, 0.717) is 6.04 Å². The molecule has 1 aromatic rings. The summed E-state index contributed by atoms with van der Waals surface area (Å²) in [5, 5.41) is 3.50. The normalized spacial score (nSPS) is 23.3. The van der Waals surface area contributed by atoms with Gasteiger partial charge in [-0.05, 0) is 64.8 Å². The van der Waals surface area contributed by atoms with Gasteiger partial charge in [0, 0.05) is 36.6 Å². The van der Waals surface area contributed by atoms with Crippen molar-refractivity contribution in [3.8, 4) is 0 Å². The van der Waals surface area contributed by atoms with Crippen LogP contribution in [-0.2, 0) is 0 Å². The monoisotopic (exact) mass is 261 g/mol. The Morgan fingerprint density at radius 1 is 1.21 bits per heavy atom. The van der Waals surface area contributed by atoms with Gasteiger partial charge in [0.25, 0.3) is 0 Å². The third kappa shape index (κ3) is 2.59. The van der Waals surface area contributed by atoms with Gasteiger partial charge in [0.05, 0.1) is 0 Å². The van der Waals surface area contributed by atoms with Crippen molar-refractivity contribution in [1.29, 1.82) is 0 Å². The molecule has 1 saturated carbocycles. The van der Waals surface area contributed by atoms with Crippen LogP contribution >= 0.6 is 0 Å². The van der Waals surface area contributed by atoms with E-state index >= 15 is 0 Å². The van der Waals surface area contributed by atoms with Gasteiger partial charge in [-0.15, -0.1) is 0 Å². The molecule has 19 heavy (non-hydrogen) atoms. The van der Waals surface area contributed by atoms with Crippen LogP contribution in [0.5, 0.6) is 0 Å². The maximum atomic E-state index is 3.50. The molecule has 0 radical (unpaired) electrons. The highest BCUT2D eigenvalue weighted by atomic mass is 15.2. The van der Waals surface area contributed by atoms with Gasteiger partial charge in [-0.1, -0.05) is 0 Å². The predicted molar refractivity (Wildman–Crippen MR) is 79.7 cm³/mol. The first-order valence-corrected chi connectivity index (χ1v) is 7.81. The quantitative estimate of drug-likeness (QED) is 0.903. The van der Waals surface area contributed by atoms with Crippen molar-refractivity contribution < 1.29 is 0 Å². The summed E-state index contributed by atoms with van der Waals surface area (Å²) in [6.07, 6.45) is 4.02. The van der Waals surface area contributed by atoms with E-state index in [1.165, 1.54) is 50.3 Å². The van der Waals surface area contributed by atoms with Crippen molar-refractivity contribution in [2.45, 2.75) is 52.1 Å². The molecular weight excluding hydrogens is 234 g/mol. The Kier molecular flexibility index (Phi) is 3.68. The molecule has 1 saturated heterocycles.